The topological polar surface area (TPSA) is 67.2 Å². The van der Waals surface area contributed by atoms with Crippen molar-refractivity contribution in [1.82, 2.24) is 0 Å². The van der Waals surface area contributed by atoms with Crippen LogP contribution >= 0.6 is 11.6 Å². The summed E-state index contributed by atoms with van der Waals surface area (Å²) in [4.78, 5) is 0.126. The summed E-state index contributed by atoms with van der Waals surface area (Å²) in [6.07, 6.45) is 0. The van der Waals surface area contributed by atoms with Crippen molar-refractivity contribution in [2.75, 3.05) is 12.4 Å². The summed E-state index contributed by atoms with van der Waals surface area (Å²) in [6, 6.07) is 14.5. The molecule has 2 aromatic rings. The van der Waals surface area contributed by atoms with Crippen LogP contribution in [0.4, 0.5) is 0 Å². The second kappa shape index (κ2) is 6.61. The number of sulfone groups is 1. The van der Waals surface area contributed by atoms with E-state index in [-0.39, 0.29) is 17.3 Å². The maximum absolute atomic E-state index is 12.1. The summed E-state index contributed by atoms with van der Waals surface area (Å²) in [5.74, 6) is 0.394. The maximum Gasteiger partial charge on any atom is 0.181 e. The van der Waals surface area contributed by atoms with E-state index in [9.17, 15) is 8.42 Å². The third-order valence-electron chi connectivity index (χ3n) is 2.76. The zero-order valence-corrected chi connectivity index (χ0v) is 12.6. The van der Waals surface area contributed by atoms with Gasteiger partial charge in [-0.15, -0.1) is 0 Å². The molecule has 108 valence electrons. The van der Waals surface area contributed by atoms with E-state index in [2.05, 4.69) is 0 Å². The summed E-state index contributed by atoms with van der Waals surface area (Å²) in [7, 11) is -3.47. The Balaban J connectivity index is 2.01. The van der Waals surface area contributed by atoms with Gasteiger partial charge in [0.05, 0.1) is 22.3 Å². The van der Waals surface area contributed by atoms with Gasteiger partial charge in [-0.25, -0.2) is 8.42 Å². The minimum atomic E-state index is -3.47. The van der Waals surface area contributed by atoms with Crippen molar-refractivity contribution < 1.29 is 13.2 Å². The van der Waals surface area contributed by atoms with Crippen molar-refractivity contribution in [1.29, 1.82) is 5.26 Å². The molecule has 0 amide bonds. The molecule has 0 aliphatic heterocycles. The number of hydrogen-bond acceptors (Lipinski definition) is 4. The molecule has 0 fully saturated rings. The second-order valence-electron chi connectivity index (χ2n) is 4.26. The van der Waals surface area contributed by atoms with Gasteiger partial charge in [-0.3, -0.25) is 0 Å². The van der Waals surface area contributed by atoms with Crippen LogP contribution in [0.25, 0.3) is 0 Å². The Bertz CT molecular complexity index is 764. The lowest BCUT2D eigenvalue weighted by Crippen LogP contribution is -2.14. The Morgan fingerprint density at radius 2 is 1.86 bits per heavy atom. The summed E-state index contributed by atoms with van der Waals surface area (Å²) in [5.41, 5.74) is 0.315. The average Bonchev–Trinajstić information content (AvgIpc) is 2.49. The van der Waals surface area contributed by atoms with E-state index in [4.69, 9.17) is 21.6 Å². The first-order valence-corrected chi connectivity index (χ1v) is 8.15. The number of halogens is 1. The molecule has 2 aromatic carbocycles. The predicted octanol–water partition coefficient (Wildman–Crippen LogP) is 3.06. The normalized spacial score (nSPS) is 10.9. The molecule has 6 heteroatoms. The van der Waals surface area contributed by atoms with Crippen molar-refractivity contribution in [2.45, 2.75) is 4.90 Å². The minimum absolute atomic E-state index is 0.0285. The van der Waals surface area contributed by atoms with Crippen LogP contribution in [-0.2, 0) is 9.84 Å². The lowest BCUT2D eigenvalue weighted by atomic mass is 10.2. The molecule has 0 atom stereocenters. The molecule has 0 aliphatic rings. The maximum atomic E-state index is 12.1. The molecule has 0 radical (unpaired) electrons. The second-order valence-corrected chi connectivity index (χ2v) is 6.81. The summed E-state index contributed by atoms with van der Waals surface area (Å²) in [5, 5.41) is 9.38. The van der Waals surface area contributed by atoms with Crippen LogP contribution in [0.2, 0.25) is 5.02 Å². The number of nitriles is 1. The van der Waals surface area contributed by atoms with Crippen LogP contribution in [0.15, 0.2) is 53.4 Å². The highest BCUT2D eigenvalue weighted by molar-refractivity contribution is 7.91. The molecule has 21 heavy (non-hydrogen) atoms. The Morgan fingerprint density at radius 1 is 1.14 bits per heavy atom. The van der Waals surface area contributed by atoms with E-state index >= 15 is 0 Å². The lowest BCUT2D eigenvalue weighted by Gasteiger charge is -2.07. The van der Waals surface area contributed by atoms with E-state index in [1.54, 1.807) is 36.4 Å². The highest BCUT2D eigenvalue weighted by Gasteiger charge is 2.15. The van der Waals surface area contributed by atoms with E-state index < -0.39 is 9.84 Å². The summed E-state index contributed by atoms with van der Waals surface area (Å²) in [6.45, 7) is 0.0285. The molecule has 0 saturated carbocycles. The Kier molecular flexibility index (Phi) is 4.84. The summed E-state index contributed by atoms with van der Waals surface area (Å²) < 4.78 is 29.6. The fourth-order valence-electron chi connectivity index (χ4n) is 1.68. The molecular weight excluding hydrogens is 310 g/mol. The first kappa shape index (κ1) is 15.4. The number of nitrogens with zero attached hydrogens (tertiary/aromatic N) is 1. The summed E-state index contributed by atoms with van der Waals surface area (Å²) >= 11 is 5.75. The van der Waals surface area contributed by atoms with Gasteiger partial charge >= 0.3 is 0 Å². The Hall–Kier alpha value is -2.03. The first-order valence-electron chi connectivity index (χ1n) is 6.12. The number of rotatable bonds is 5. The predicted molar refractivity (Wildman–Crippen MR) is 80.2 cm³/mol. The third-order valence-corrected chi connectivity index (χ3v) is 4.68. The molecule has 0 bridgehead atoms. The minimum Gasteiger partial charge on any atom is -0.493 e. The smallest absolute Gasteiger partial charge is 0.181 e. The van der Waals surface area contributed by atoms with Crippen molar-refractivity contribution in [3.05, 3.63) is 59.1 Å². The van der Waals surface area contributed by atoms with Crippen molar-refractivity contribution >= 4 is 21.4 Å². The molecule has 0 aromatic heterocycles. The van der Waals surface area contributed by atoms with Crippen molar-refractivity contribution in [3.8, 4) is 11.8 Å². The molecule has 0 saturated heterocycles. The van der Waals surface area contributed by atoms with Gasteiger partial charge in [-0.05, 0) is 42.5 Å². The van der Waals surface area contributed by atoms with Crippen LogP contribution in [0.5, 0.6) is 5.75 Å². The van der Waals surface area contributed by atoms with Gasteiger partial charge in [0, 0.05) is 5.02 Å². The quantitative estimate of drug-likeness (QED) is 0.848. The van der Waals surface area contributed by atoms with Gasteiger partial charge < -0.3 is 4.74 Å². The van der Waals surface area contributed by atoms with Gasteiger partial charge in [0.25, 0.3) is 0 Å². The van der Waals surface area contributed by atoms with E-state index in [0.29, 0.717) is 16.3 Å². The first-order chi connectivity index (χ1) is 10.0. The number of benzene rings is 2. The fraction of sp³-hybridized carbons (Fsp3) is 0.133. The van der Waals surface area contributed by atoms with E-state index in [0.717, 1.165) is 0 Å². The van der Waals surface area contributed by atoms with Crippen LogP contribution in [0.3, 0.4) is 0 Å². The van der Waals surface area contributed by atoms with Crippen LogP contribution in [0.1, 0.15) is 5.56 Å². The number of hydrogen-bond donors (Lipinski definition) is 0. The fourth-order valence-corrected chi connectivity index (χ4v) is 2.93. The molecule has 0 heterocycles. The highest BCUT2D eigenvalue weighted by atomic mass is 35.5. The van der Waals surface area contributed by atoms with Crippen LogP contribution in [-0.4, -0.2) is 20.8 Å². The van der Waals surface area contributed by atoms with E-state index in [1.165, 1.54) is 12.1 Å². The number of ether oxygens (including phenoxy) is 1. The molecular formula is C15H12ClNO3S. The molecule has 0 unspecified atom stereocenters. The monoisotopic (exact) mass is 321 g/mol. The van der Waals surface area contributed by atoms with E-state index in [1.807, 2.05) is 6.07 Å². The van der Waals surface area contributed by atoms with Crippen LogP contribution in [0, 0.1) is 11.3 Å². The largest absolute Gasteiger partial charge is 0.493 e. The third kappa shape index (κ3) is 4.22. The van der Waals surface area contributed by atoms with Gasteiger partial charge in [-0.1, -0.05) is 17.7 Å². The zero-order chi connectivity index (χ0) is 15.3. The van der Waals surface area contributed by atoms with Crippen molar-refractivity contribution in [3.63, 3.8) is 0 Å². The standard InChI is InChI=1S/C15H12ClNO3S/c16-13-4-6-14(7-5-13)20-8-9-21(18,19)15-3-1-2-12(10-15)11-17/h1-7,10H,8-9H2. The highest BCUT2D eigenvalue weighted by Crippen LogP contribution is 2.17. The van der Waals surface area contributed by atoms with Crippen LogP contribution < -0.4 is 4.74 Å². The average molecular weight is 322 g/mol. The molecule has 0 N–H and O–H groups in total. The molecule has 2 rings (SSSR count). The lowest BCUT2D eigenvalue weighted by molar-refractivity contribution is 0.341. The molecule has 0 spiro atoms. The van der Waals surface area contributed by atoms with Gasteiger partial charge in [0.1, 0.15) is 12.4 Å². The van der Waals surface area contributed by atoms with Crippen molar-refractivity contribution in [2.24, 2.45) is 0 Å². The Morgan fingerprint density at radius 3 is 2.52 bits per heavy atom. The molecule has 4 nitrogen and oxygen atoms in total. The SMILES string of the molecule is N#Cc1cccc(S(=O)(=O)CCOc2ccc(Cl)cc2)c1. The van der Waals surface area contributed by atoms with Gasteiger partial charge in [-0.2, -0.15) is 5.26 Å². The Labute approximate surface area is 128 Å². The zero-order valence-electron chi connectivity index (χ0n) is 11.0. The molecule has 0 aliphatic carbocycles. The van der Waals surface area contributed by atoms with Gasteiger partial charge in [0.2, 0.25) is 0 Å². The van der Waals surface area contributed by atoms with Gasteiger partial charge in [0.15, 0.2) is 9.84 Å².